The summed E-state index contributed by atoms with van der Waals surface area (Å²) < 4.78 is 23.1. The number of hydrogen-bond acceptors (Lipinski definition) is 5. The van der Waals surface area contributed by atoms with Gasteiger partial charge in [0.25, 0.3) is 0 Å². The third-order valence-corrected chi connectivity index (χ3v) is 6.99. The van der Waals surface area contributed by atoms with Crippen LogP contribution in [0.15, 0.2) is 0 Å². The summed E-state index contributed by atoms with van der Waals surface area (Å²) in [4.78, 5) is 12.1. The molecule has 1 amide bonds. The summed E-state index contributed by atoms with van der Waals surface area (Å²) in [5.41, 5.74) is 0. The van der Waals surface area contributed by atoms with Gasteiger partial charge < -0.3 is 10.6 Å². The van der Waals surface area contributed by atoms with Gasteiger partial charge in [-0.25, -0.2) is 8.42 Å². The summed E-state index contributed by atoms with van der Waals surface area (Å²) in [5, 5.41) is 6.72. The van der Waals surface area contributed by atoms with Crippen molar-refractivity contribution in [3.8, 4) is 0 Å². The first-order valence-electron chi connectivity index (χ1n) is 7.26. The molecule has 5 nitrogen and oxygen atoms in total. The molecule has 0 aromatic rings. The lowest BCUT2D eigenvalue weighted by Gasteiger charge is -2.31. The summed E-state index contributed by atoms with van der Waals surface area (Å²) in [7, 11) is -2.97. The molecule has 2 aliphatic rings. The minimum Gasteiger partial charge on any atom is -0.352 e. The van der Waals surface area contributed by atoms with Crippen LogP contribution in [0.3, 0.4) is 0 Å². The van der Waals surface area contributed by atoms with E-state index in [0.717, 1.165) is 19.3 Å². The first-order chi connectivity index (χ1) is 9.50. The highest BCUT2D eigenvalue weighted by molar-refractivity contribution is 7.99. The van der Waals surface area contributed by atoms with Crippen molar-refractivity contribution in [1.82, 2.24) is 10.6 Å². The molecule has 116 valence electrons. The Bertz CT molecular complexity index is 439. The van der Waals surface area contributed by atoms with Crippen LogP contribution in [0.2, 0.25) is 0 Å². The fourth-order valence-electron chi connectivity index (χ4n) is 3.03. The van der Waals surface area contributed by atoms with E-state index in [1.807, 2.05) is 11.8 Å². The average molecular weight is 320 g/mol. The van der Waals surface area contributed by atoms with Gasteiger partial charge in [-0.3, -0.25) is 4.79 Å². The first-order valence-corrected chi connectivity index (χ1v) is 10.4. The number of carbonyl (C=O) groups is 1. The van der Waals surface area contributed by atoms with Gasteiger partial charge in [-0.1, -0.05) is 12.8 Å². The lowest BCUT2D eigenvalue weighted by atomic mass is 9.94. The number of rotatable bonds is 4. The maximum absolute atomic E-state index is 12.1. The largest absolute Gasteiger partial charge is 0.352 e. The van der Waals surface area contributed by atoms with Crippen LogP contribution in [0.25, 0.3) is 0 Å². The van der Waals surface area contributed by atoms with Crippen LogP contribution in [0.5, 0.6) is 0 Å². The van der Waals surface area contributed by atoms with Gasteiger partial charge in [-0.2, -0.15) is 11.8 Å². The van der Waals surface area contributed by atoms with Gasteiger partial charge in [0.1, 0.15) is 0 Å². The highest BCUT2D eigenvalue weighted by Crippen LogP contribution is 2.27. The summed E-state index contributed by atoms with van der Waals surface area (Å²) in [6.07, 6.45) is 6.94. The Morgan fingerprint density at radius 3 is 2.80 bits per heavy atom. The van der Waals surface area contributed by atoms with Crippen LogP contribution in [-0.2, 0) is 14.6 Å². The molecule has 1 aliphatic heterocycles. The van der Waals surface area contributed by atoms with Crippen molar-refractivity contribution < 1.29 is 13.2 Å². The van der Waals surface area contributed by atoms with E-state index in [2.05, 4.69) is 16.9 Å². The fourth-order valence-corrected chi connectivity index (χ4v) is 5.41. The second-order valence-electron chi connectivity index (χ2n) is 5.70. The Labute approximate surface area is 125 Å². The topological polar surface area (TPSA) is 75.3 Å². The van der Waals surface area contributed by atoms with Crippen molar-refractivity contribution in [1.29, 1.82) is 0 Å². The SMILES string of the molecule is CSC1CCCCC1NC(=O)CC1CS(=O)(=O)CCN1. The van der Waals surface area contributed by atoms with Gasteiger partial charge in [-0.05, 0) is 19.1 Å². The lowest BCUT2D eigenvalue weighted by Crippen LogP contribution is -2.50. The Kier molecular flexibility index (Phi) is 5.74. The molecule has 2 rings (SSSR count). The Balaban J connectivity index is 1.82. The molecule has 0 radical (unpaired) electrons. The third-order valence-electron chi connectivity index (χ3n) is 4.08. The number of carbonyl (C=O) groups excluding carboxylic acids is 1. The zero-order valence-corrected chi connectivity index (χ0v) is 13.6. The van der Waals surface area contributed by atoms with Crippen LogP contribution < -0.4 is 10.6 Å². The summed E-state index contributed by atoms with van der Waals surface area (Å²) in [5.74, 6) is 0.241. The zero-order chi connectivity index (χ0) is 14.6. The smallest absolute Gasteiger partial charge is 0.221 e. The molecule has 0 aromatic carbocycles. The number of amides is 1. The molecule has 0 aromatic heterocycles. The molecular weight excluding hydrogens is 296 g/mol. The van der Waals surface area contributed by atoms with E-state index < -0.39 is 9.84 Å². The first kappa shape index (κ1) is 16.1. The van der Waals surface area contributed by atoms with Crippen molar-refractivity contribution >= 4 is 27.5 Å². The van der Waals surface area contributed by atoms with Crippen molar-refractivity contribution in [2.24, 2.45) is 0 Å². The number of hydrogen-bond donors (Lipinski definition) is 2. The molecule has 1 saturated heterocycles. The molecule has 0 bridgehead atoms. The molecule has 3 atom stereocenters. The average Bonchev–Trinajstić information content (AvgIpc) is 2.38. The van der Waals surface area contributed by atoms with Gasteiger partial charge in [0.15, 0.2) is 9.84 Å². The lowest BCUT2D eigenvalue weighted by molar-refractivity contribution is -0.122. The Morgan fingerprint density at radius 1 is 1.35 bits per heavy atom. The maximum Gasteiger partial charge on any atom is 0.221 e. The van der Waals surface area contributed by atoms with E-state index in [4.69, 9.17) is 0 Å². The van der Waals surface area contributed by atoms with Crippen LogP contribution >= 0.6 is 11.8 Å². The fraction of sp³-hybridized carbons (Fsp3) is 0.923. The molecule has 1 heterocycles. The predicted molar refractivity (Wildman–Crippen MR) is 82.8 cm³/mol. The maximum atomic E-state index is 12.1. The molecule has 1 saturated carbocycles. The molecule has 3 unspecified atom stereocenters. The summed E-state index contributed by atoms with van der Waals surface area (Å²) >= 11 is 1.82. The van der Waals surface area contributed by atoms with Crippen molar-refractivity contribution in [3.05, 3.63) is 0 Å². The van der Waals surface area contributed by atoms with E-state index in [1.54, 1.807) is 0 Å². The van der Waals surface area contributed by atoms with E-state index in [1.165, 1.54) is 6.42 Å². The van der Waals surface area contributed by atoms with E-state index in [0.29, 0.717) is 11.8 Å². The number of sulfone groups is 1. The zero-order valence-electron chi connectivity index (χ0n) is 11.9. The minimum atomic E-state index is -2.97. The van der Waals surface area contributed by atoms with E-state index >= 15 is 0 Å². The normalized spacial score (nSPS) is 33.5. The highest BCUT2D eigenvalue weighted by atomic mass is 32.2. The van der Waals surface area contributed by atoms with E-state index in [-0.39, 0.29) is 35.9 Å². The van der Waals surface area contributed by atoms with Crippen LogP contribution in [-0.4, -0.2) is 56.0 Å². The molecule has 2 fully saturated rings. The van der Waals surface area contributed by atoms with Gasteiger partial charge in [0.05, 0.1) is 11.5 Å². The molecular formula is C13H24N2O3S2. The summed E-state index contributed by atoms with van der Waals surface area (Å²) in [6, 6.07) is 0.0107. The Morgan fingerprint density at radius 2 is 2.10 bits per heavy atom. The molecule has 0 spiro atoms. The van der Waals surface area contributed by atoms with Crippen molar-refractivity contribution in [2.75, 3.05) is 24.3 Å². The predicted octanol–water partition coefficient (Wildman–Crippen LogP) is 0.554. The minimum absolute atomic E-state index is 0.0226. The van der Waals surface area contributed by atoms with Gasteiger partial charge in [0.2, 0.25) is 5.91 Å². The Hall–Kier alpha value is -0.270. The van der Waals surface area contributed by atoms with Gasteiger partial charge in [0, 0.05) is 30.3 Å². The van der Waals surface area contributed by atoms with Crippen LogP contribution in [0, 0.1) is 0 Å². The highest BCUT2D eigenvalue weighted by Gasteiger charge is 2.29. The third kappa shape index (κ3) is 4.63. The molecule has 20 heavy (non-hydrogen) atoms. The molecule has 1 aliphatic carbocycles. The molecule has 2 N–H and O–H groups in total. The second-order valence-corrected chi connectivity index (χ2v) is 9.01. The van der Waals surface area contributed by atoms with Crippen LogP contribution in [0.1, 0.15) is 32.1 Å². The molecule has 7 heteroatoms. The quantitative estimate of drug-likeness (QED) is 0.791. The van der Waals surface area contributed by atoms with Gasteiger partial charge >= 0.3 is 0 Å². The monoisotopic (exact) mass is 320 g/mol. The van der Waals surface area contributed by atoms with Gasteiger partial charge in [-0.15, -0.1) is 0 Å². The standard InChI is InChI=1S/C13H24N2O3S2/c1-19-12-5-3-2-4-11(12)15-13(16)8-10-9-20(17,18)7-6-14-10/h10-12,14H,2-9H2,1H3,(H,15,16). The second kappa shape index (κ2) is 7.13. The van der Waals surface area contributed by atoms with E-state index in [9.17, 15) is 13.2 Å². The van der Waals surface area contributed by atoms with Crippen molar-refractivity contribution in [3.63, 3.8) is 0 Å². The summed E-state index contributed by atoms with van der Waals surface area (Å²) in [6.45, 7) is 0.456. The number of nitrogens with one attached hydrogen (secondary N) is 2. The number of thioether (sulfide) groups is 1. The van der Waals surface area contributed by atoms with Crippen LogP contribution in [0.4, 0.5) is 0 Å². The van der Waals surface area contributed by atoms with Crippen molar-refractivity contribution in [2.45, 2.75) is 49.4 Å².